The summed E-state index contributed by atoms with van der Waals surface area (Å²) in [6.45, 7) is 4.38. The van der Waals surface area contributed by atoms with E-state index in [0.29, 0.717) is 11.4 Å². The molecule has 0 aliphatic rings. The molecular weight excluding hydrogens is 341 g/mol. The number of amides is 1. The average molecular weight is 362 g/mol. The van der Waals surface area contributed by atoms with Crippen molar-refractivity contribution in [3.05, 3.63) is 40.9 Å². The van der Waals surface area contributed by atoms with E-state index in [1.54, 1.807) is 0 Å². The van der Waals surface area contributed by atoms with Crippen molar-refractivity contribution >= 4 is 42.1 Å². The first kappa shape index (κ1) is 20.9. The maximum absolute atomic E-state index is 12.1. The molecule has 1 aromatic heterocycles. The SMILES string of the molecule is Cc1nc(-c2ccccc2)sc1C(=O)NCCC(C)N.Cl.Cl. The van der Waals surface area contributed by atoms with E-state index in [-0.39, 0.29) is 36.8 Å². The Kier molecular flexibility index (Phi) is 9.28. The average Bonchev–Trinajstić information content (AvgIpc) is 2.81. The number of nitrogens with one attached hydrogen (secondary N) is 1. The lowest BCUT2D eigenvalue weighted by molar-refractivity contribution is 0.0956. The number of aryl methyl sites for hydroxylation is 1. The Labute approximate surface area is 147 Å². The lowest BCUT2D eigenvalue weighted by atomic mass is 10.2. The Bertz CT molecular complexity index is 588. The highest BCUT2D eigenvalue weighted by molar-refractivity contribution is 7.17. The summed E-state index contributed by atoms with van der Waals surface area (Å²) < 4.78 is 0. The van der Waals surface area contributed by atoms with Gasteiger partial charge >= 0.3 is 0 Å². The second kappa shape index (κ2) is 9.79. The fourth-order valence-electron chi connectivity index (χ4n) is 1.80. The number of nitrogens with two attached hydrogens (primary N) is 1. The number of halogens is 2. The smallest absolute Gasteiger partial charge is 0.263 e. The summed E-state index contributed by atoms with van der Waals surface area (Å²) in [6, 6.07) is 9.98. The fourth-order valence-corrected chi connectivity index (χ4v) is 2.79. The monoisotopic (exact) mass is 361 g/mol. The zero-order chi connectivity index (χ0) is 14.5. The number of nitrogens with zero attached hydrogens (tertiary/aromatic N) is 1. The quantitative estimate of drug-likeness (QED) is 0.856. The third-order valence-corrected chi connectivity index (χ3v) is 4.11. The molecule has 4 nitrogen and oxygen atoms in total. The highest BCUT2D eigenvalue weighted by Crippen LogP contribution is 2.27. The molecule has 0 saturated heterocycles. The number of aromatic nitrogens is 1. The van der Waals surface area contributed by atoms with Crippen molar-refractivity contribution in [1.82, 2.24) is 10.3 Å². The Hall–Kier alpha value is -1.14. The zero-order valence-electron chi connectivity index (χ0n) is 12.5. The predicted octanol–water partition coefficient (Wildman–Crippen LogP) is 3.43. The van der Waals surface area contributed by atoms with Gasteiger partial charge in [-0.2, -0.15) is 0 Å². The Morgan fingerprint density at radius 1 is 1.32 bits per heavy atom. The fraction of sp³-hybridized carbons (Fsp3) is 0.333. The summed E-state index contributed by atoms with van der Waals surface area (Å²) in [4.78, 5) is 17.3. The van der Waals surface area contributed by atoms with Crippen LogP contribution in [0.3, 0.4) is 0 Å². The van der Waals surface area contributed by atoms with Gasteiger partial charge in [0.1, 0.15) is 9.88 Å². The highest BCUT2D eigenvalue weighted by Gasteiger charge is 2.15. The van der Waals surface area contributed by atoms with Crippen LogP contribution in [0.4, 0.5) is 0 Å². The van der Waals surface area contributed by atoms with Gasteiger partial charge in [0.25, 0.3) is 5.91 Å². The van der Waals surface area contributed by atoms with Gasteiger partial charge in [-0.05, 0) is 20.3 Å². The van der Waals surface area contributed by atoms with Crippen LogP contribution in [0, 0.1) is 6.92 Å². The molecule has 22 heavy (non-hydrogen) atoms. The number of hydrogen-bond acceptors (Lipinski definition) is 4. The molecule has 0 aliphatic heterocycles. The molecule has 0 aliphatic carbocycles. The van der Waals surface area contributed by atoms with Gasteiger partial charge in [-0.15, -0.1) is 36.2 Å². The zero-order valence-corrected chi connectivity index (χ0v) is 15.0. The molecule has 122 valence electrons. The van der Waals surface area contributed by atoms with E-state index in [2.05, 4.69) is 10.3 Å². The number of hydrogen-bond donors (Lipinski definition) is 2. The number of carbonyl (C=O) groups excluding carboxylic acids is 1. The van der Waals surface area contributed by atoms with Crippen LogP contribution in [-0.4, -0.2) is 23.5 Å². The minimum atomic E-state index is -0.0668. The van der Waals surface area contributed by atoms with Crippen LogP contribution in [0.15, 0.2) is 30.3 Å². The Balaban J connectivity index is 0.00000220. The van der Waals surface area contributed by atoms with Crippen molar-refractivity contribution in [2.45, 2.75) is 26.3 Å². The van der Waals surface area contributed by atoms with E-state index in [9.17, 15) is 4.79 Å². The van der Waals surface area contributed by atoms with Crippen molar-refractivity contribution in [2.24, 2.45) is 5.73 Å². The van der Waals surface area contributed by atoms with Crippen LogP contribution < -0.4 is 11.1 Å². The molecule has 0 radical (unpaired) electrons. The number of carbonyl (C=O) groups is 1. The van der Waals surface area contributed by atoms with Gasteiger partial charge in [-0.25, -0.2) is 4.98 Å². The summed E-state index contributed by atoms with van der Waals surface area (Å²) in [6.07, 6.45) is 0.773. The van der Waals surface area contributed by atoms with Crippen molar-refractivity contribution in [3.63, 3.8) is 0 Å². The van der Waals surface area contributed by atoms with E-state index >= 15 is 0 Å². The van der Waals surface area contributed by atoms with E-state index in [0.717, 1.165) is 22.7 Å². The van der Waals surface area contributed by atoms with Crippen LogP contribution in [0.2, 0.25) is 0 Å². The minimum absolute atomic E-state index is 0. The van der Waals surface area contributed by atoms with Crippen molar-refractivity contribution < 1.29 is 4.79 Å². The molecule has 0 bridgehead atoms. The first-order chi connectivity index (χ1) is 9.58. The Morgan fingerprint density at radius 2 is 1.95 bits per heavy atom. The largest absolute Gasteiger partial charge is 0.351 e. The molecule has 2 aromatic rings. The van der Waals surface area contributed by atoms with Crippen LogP contribution >= 0.6 is 36.2 Å². The molecule has 3 N–H and O–H groups in total. The van der Waals surface area contributed by atoms with Gasteiger partial charge in [0.05, 0.1) is 5.69 Å². The molecule has 1 unspecified atom stereocenters. The maximum atomic E-state index is 12.1. The highest BCUT2D eigenvalue weighted by atomic mass is 35.5. The predicted molar refractivity (Wildman–Crippen MR) is 97.4 cm³/mol. The number of thiazole rings is 1. The van der Waals surface area contributed by atoms with E-state index in [1.807, 2.05) is 44.2 Å². The van der Waals surface area contributed by atoms with Gasteiger partial charge in [0.2, 0.25) is 0 Å². The van der Waals surface area contributed by atoms with Gasteiger partial charge in [0, 0.05) is 18.2 Å². The van der Waals surface area contributed by atoms with Gasteiger partial charge in [0.15, 0.2) is 0 Å². The topological polar surface area (TPSA) is 68.0 Å². The third kappa shape index (κ3) is 5.57. The van der Waals surface area contributed by atoms with Crippen molar-refractivity contribution in [1.29, 1.82) is 0 Å². The molecular formula is C15H21Cl2N3OS. The lowest BCUT2D eigenvalue weighted by Crippen LogP contribution is -2.28. The molecule has 1 atom stereocenters. The van der Waals surface area contributed by atoms with Crippen LogP contribution in [0.5, 0.6) is 0 Å². The molecule has 0 fully saturated rings. The number of benzene rings is 1. The van der Waals surface area contributed by atoms with Gasteiger partial charge in [-0.3, -0.25) is 4.79 Å². The first-order valence-electron chi connectivity index (χ1n) is 6.64. The first-order valence-corrected chi connectivity index (χ1v) is 7.46. The van der Waals surface area contributed by atoms with Crippen LogP contribution in [0.25, 0.3) is 10.6 Å². The summed E-state index contributed by atoms with van der Waals surface area (Å²) in [5.74, 6) is -0.0668. The van der Waals surface area contributed by atoms with Crippen LogP contribution in [0.1, 0.15) is 28.7 Å². The molecule has 0 saturated carbocycles. The molecule has 1 aromatic carbocycles. The van der Waals surface area contributed by atoms with E-state index < -0.39 is 0 Å². The second-order valence-electron chi connectivity index (χ2n) is 4.82. The normalized spacial score (nSPS) is 11.0. The van der Waals surface area contributed by atoms with Gasteiger partial charge < -0.3 is 11.1 Å². The summed E-state index contributed by atoms with van der Waals surface area (Å²) >= 11 is 1.43. The minimum Gasteiger partial charge on any atom is -0.351 e. The molecule has 7 heteroatoms. The standard InChI is InChI=1S/C15H19N3OS.2ClH/c1-10(16)8-9-17-14(19)13-11(2)18-15(20-13)12-6-4-3-5-7-12;;/h3-7,10H,8-9,16H2,1-2H3,(H,17,19);2*1H. The summed E-state index contributed by atoms with van der Waals surface area (Å²) in [5, 5.41) is 3.76. The lowest BCUT2D eigenvalue weighted by Gasteiger charge is -2.06. The van der Waals surface area contributed by atoms with Gasteiger partial charge in [-0.1, -0.05) is 30.3 Å². The molecule has 0 spiro atoms. The molecule has 1 heterocycles. The van der Waals surface area contributed by atoms with Crippen molar-refractivity contribution in [3.8, 4) is 10.6 Å². The van der Waals surface area contributed by atoms with Crippen molar-refractivity contribution in [2.75, 3.05) is 6.54 Å². The third-order valence-electron chi connectivity index (χ3n) is 2.91. The van der Waals surface area contributed by atoms with Crippen LogP contribution in [-0.2, 0) is 0 Å². The summed E-state index contributed by atoms with van der Waals surface area (Å²) in [5.41, 5.74) is 7.47. The summed E-state index contributed by atoms with van der Waals surface area (Å²) in [7, 11) is 0. The number of rotatable bonds is 5. The van der Waals surface area contributed by atoms with E-state index in [1.165, 1.54) is 11.3 Å². The second-order valence-corrected chi connectivity index (χ2v) is 5.82. The maximum Gasteiger partial charge on any atom is 0.263 e. The molecule has 1 amide bonds. The van der Waals surface area contributed by atoms with E-state index in [4.69, 9.17) is 5.73 Å². The Morgan fingerprint density at radius 3 is 2.55 bits per heavy atom. The molecule has 2 rings (SSSR count).